The lowest BCUT2D eigenvalue weighted by Gasteiger charge is -2.17. The van der Waals surface area contributed by atoms with E-state index in [4.69, 9.17) is 9.47 Å². The Labute approximate surface area is 138 Å². The van der Waals surface area contributed by atoms with Crippen LogP contribution in [0.2, 0.25) is 0 Å². The molecular formula is C17H18BrNO3. The van der Waals surface area contributed by atoms with Gasteiger partial charge in [0.1, 0.15) is 17.1 Å². The Balaban J connectivity index is 2.29. The Kier molecular flexibility index (Phi) is 5.44. The molecule has 1 atom stereocenters. The van der Waals surface area contributed by atoms with Gasteiger partial charge in [0.15, 0.2) is 0 Å². The van der Waals surface area contributed by atoms with Gasteiger partial charge in [0.05, 0.1) is 20.3 Å². The number of rotatable bonds is 5. The second kappa shape index (κ2) is 7.31. The molecule has 5 heteroatoms. The van der Waals surface area contributed by atoms with Gasteiger partial charge in [-0.3, -0.25) is 4.79 Å². The first kappa shape index (κ1) is 16.4. The summed E-state index contributed by atoms with van der Waals surface area (Å²) in [7, 11) is 3.05. The Hall–Kier alpha value is -2.01. The molecule has 1 amide bonds. The summed E-state index contributed by atoms with van der Waals surface area (Å²) in [4.78, 5) is 12.6. The van der Waals surface area contributed by atoms with Crippen molar-refractivity contribution in [3.8, 4) is 11.5 Å². The zero-order valence-electron chi connectivity index (χ0n) is 12.7. The van der Waals surface area contributed by atoms with Crippen LogP contribution >= 0.6 is 15.9 Å². The van der Waals surface area contributed by atoms with Gasteiger partial charge in [0, 0.05) is 4.47 Å². The third-order valence-corrected chi connectivity index (χ3v) is 3.80. The van der Waals surface area contributed by atoms with Crippen LogP contribution in [0.3, 0.4) is 0 Å². The molecular weight excluding hydrogens is 346 g/mol. The zero-order chi connectivity index (χ0) is 16.1. The number of ether oxygens (including phenoxy) is 2. The van der Waals surface area contributed by atoms with Crippen LogP contribution in [0, 0.1) is 0 Å². The van der Waals surface area contributed by atoms with E-state index in [9.17, 15) is 4.79 Å². The minimum absolute atomic E-state index is 0.119. The van der Waals surface area contributed by atoms with Gasteiger partial charge in [-0.1, -0.05) is 46.3 Å². The van der Waals surface area contributed by atoms with E-state index < -0.39 is 0 Å². The van der Waals surface area contributed by atoms with Gasteiger partial charge in [0.25, 0.3) is 5.91 Å². The second-order valence-electron chi connectivity index (χ2n) is 4.79. The molecule has 0 heterocycles. The number of carbonyl (C=O) groups is 1. The summed E-state index contributed by atoms with van der Waals surface area (Å²) in [6, 6.07) is 13.1. The standard InChI is InChI=1S/C17H18BrNO3/c1-11(12-7-5-4-6-8-12)19-17(20)16-14(21-2)9-13(18)10-15(16)22-3/h4-11H,1-3H3,(H,19,20)/t11-/m1/s1. The van der Waals surface area contributed by atoms with Gasteiger partial charge >= 0.3 is 0 Å². The first-order chi connectivity index (χ1) is 10.6. The number of hydrogen-bond acceptors (Lipinski definition) is 3. The van der Waals surface area contributed by atoms with Crippen LogP contribution < -0.4 is 14.8 Å². The average Bonchev–Trinajstić information content (AvgIpc) is 2.54. The van der Waals surface area contributed by atoms with E-state index in [1.165, 1.54) is 14.2 Å². The molecule has 0 aromatic heterocycles. The van der Waals surface area contributed by atoms with Crippen LogP contribution in [0.25, 0.3) is 0 Å². The molecule has 0 unspecified atom stereocenters. The fourth-order valence-corrected chi connectivity index (χ4v) is 2.61. The Morgan fingerprint density at radius 3 is 2.14 bits per heavy atom. The lowest BCUT2D eigenvalue weighted by Crippen LogP contribution is -2.27. The van der Waals surface area contributed by atoms with E-state index in [1.807, 2.05) is 37.3 Å². The SMILES string of the molecule is COc1cc(Br)cc(OC)c1C(=O)N[C@H](C)c1ccccc1. The molecule has 2 rings (SSSR count). The quantitative estimate of drug-likeness (QED) is 0.874. The molecule has 2 aromatic rings. The minimum Gasteiger partial charge on any atom is -0.496 e. The number of halogens is 1. The van der Waals surface area contributed by atoms with E-state index in [0.29, 0.717) is 17.1 Å². The monoisotopic (exact) mass is 363 g/mol. The van der Waals surface area contributed by atoms with Crippen molar-refractivity contribution in [2.45, 2.75) is 13.0 Å². The maximum atomic E-state index is 12.6. The molecule has 0 aliphatic carbocycles. The largest absolute Gasteiger partial charge is 0.496 e. The van der Waals surface area contributed by atoms with Crippen LogP contribution in [0.1, 0.15) is 28.9 Å². The number of nitrogens with one attached hydrogen (secondary N) is 1. The van der Waals surface area contributed by atoms with Crippen molar-refractivity contribution in [1.29, 1.82) is 0 Å². The molecule has 0 aliphatic rings. The van der Waals surface area contributed by atoms with Gasteiger partial charge in [-0.2, -0.15) is 0 Å². The Bertz CT molecular complexity index is 633. The summed E-state index contributed by atoms with van der Waals surface area (Å²) in [6.07, 6.45) is 0. The fourth-order valence-electron chi connectivity index (χ4n) is 2.20. The lowest BCUT2D eigenvalue weighted by molar-refractivity contribution is 0.0933. The molecule has 0 bridgehead atoms. The molecule has 0 aliphatic heterocycles. The topological polar surface area (TPSA) is 47.6 Å². The van der Waals surface area contributed by atoms with Crippen LogP contribution in [-0.4, -0.2) is 20.1 Å². The zero-order valence-corrected chi connectivity index (χ0v) is 14.3. The predicted octanol–water partition coefficient (Wildman–Crippen LogP) is 3.96. The van der Waals surface area contributed by atoms with E-state index in [0.717, 1.165) is 10.0 Å². The molecule has 0 spiro atoms. The number of hydrogen-bond donors (Lipinski definition) is 1. The molecule has 116 valence electrons. The molecule has 1 N–H and O–H groups in total. The number of amides is 1. The van der Waals surface area contributed by atoms with Crippen molar-refractivity contribution in [3.63, 3.8) is 0 Å². The van der Waals surface area contributed by atoms with Gasteiger partial charge in [-0.25, -0.2) is 0 Å². The maximum Gasteiger partial charge on any atom is 0.259 e. The van der Waals surface area contributed by atoms with E-state index >= 15 is 0 Å². The van der Waals surface area contributed by atoms with Crippen molar-refractivity contribution < 1.29 is 14.3 Å². The highest BCUT2D eigenvalue weighted by Crippen LogP contribution is 2.33. The van der Waals surface area contributed by atoms with Crippen molar-refractivity contribution >= 4 is 21.8 Å². The van der Waals surface area contributed by atoms with Crippen molar-refractivity contribution in [1.82, 2.24) is 5.32 Å². The highest BCUT2D eigenvalue weighted by molar-refractivity contribution is 9.10. The third kappa shape index (κ3) is 3.60. The number of methoxy groups -OCH3 is 2. The molecule has 2 aromatic carbocycles. The summed E-state index contributed by atoms with van der Waals surface area (Å²) < 4.78 is 11.4. The van der Waals surface area contributed by atoms with Crippen molar-refractivity contribution in [3.05, 3.63) is 58.1 Å². The van der Waals surface area contributed by atoms with Crippen molar-refractivity contribution in [2.75, 3.05) is 14.2 Å². The third-order valence-electron chi connectivity index (χ3n) is 3.34. The number of benzene rings is 2. The van der Waals surface area contributed by atoms with E-state index in [2.05, 4.69) is 21.2 Å². The molecule has 0 saturated carbocycles. The van der Waals surface area contributed by atoms with Crippen LogP contribution in [0.4, 0.5) is 0 Å². The van der Waals surface area contributed by atoms with Crippen LogP contribution in [0.15, 0.2) is 46.9 Å². The Morgan fingerprint density at radius 2 is 1.64 bits per heavy atom. The summed E-state index contributed by atoms with van der Waals surface area (Å²) in [5.41, 5.74) is 1.42. The Morgan fingerprint density at radius 1 is 1.09 bits per heavy atom. The molecule has 22 heavy (non-hydrogen) atoms. The first-order valence-electron chi connectivity index (χ1n) is 6.84. The fraction of sp³-hybridized carbons (Fsp3) is 0.235. The highest BCUT2D eigenvalue weighted by Gasteiger charge is 2.21. The van der Waals surface area contributed by atoms with Gasteiger partial charge in [0.2, 0.25) is 0 Å². The minimum atomic E-state index is -0.238. The summed E-state index contributed by atoms with van der Waals surface area (Å²) in [5, 5.41) is 2.97. The normalized spacial score (nSPS) is 11.6. The molecule has 0 saturated heterocycles. The second-order valence-corrected chi connectivity index (χ2v) is 5.71. The van der Waals surface area contributed by atoms with Gasteiger partial charge in [-0.15, -0.1) is 0 Å². The summed E-state index contributed by atoms with van der Waals surface area (Å²) >= 11 is 3.37. The predicted molar refractivity (Wildman–Crippen MR) is 89.6 cm³/mol. The number of carbonyl (C=O) groups excluding carboxylic acids is 1. The van der Waals surface area contributed by atoms with Crippen LogP contribution in [0.5, 0.6) is 11.5 Å². The van der Waals surface area contributed by atoms with Gasteiger partial charge < -0.3 is 14.8 Å². The highest BCUT2D eigenvalue weighted by atomic mass is 79.9. The smallest absolute Gasteiger partial charge is 0.259 e. The van der Waals surface area contributed by atoms with E-state index in [1.54, 1.807) is 12.1 Å². The average molecular weight is 364 g/mol. The van der Waals surface area contributed by atoms with Crippen LogP contribution in [-0.2, 0) is 0 Å². The molecule has 4 nitrogen and oxygen atoms in total. The first-order valence-corrected chi connectivity index (χ1v) is 7.63. The van der Waals surface area contributed by atoms with E-state index in [-0.39, 0.29) is 11.9 Å². The summed E-state index contributed by atoms with van der Waals surface area (Å²) in [6.45, 7) is 1.94. The molecule has 0 radical (unpaired) electrons. The maximum absolute atomic E-state index is 12.6. The summed E-state index contributed by atoms with van der Waals surface area (Å²) in [5.74, 6) is 0.686. The van der Waals surface area contributed by atoms with Gasteiger partial charge in [-0.05, 0) is 24.6 Å². The lowest BCUT2D eigenvalue weighted by atomic mass is 10.1. The van der Waals surface area contributed by atoms with Crippen molar-refractivity contribution in [2.24, 2.45) is 0 Å². The molecule has 0 fully saturated rings.